The smallest absolute Gasteiger partial charge is 0.0143 e. The Kier molecular flexibility index (Phi) is 2.58. The lowest BCUT2D eigenvalue weighted by atomic mass is 9.86. The van der Waals surface area contributed by atoms with Gasteiger partial charge in [0.2, 0.25) is 0 Å². The molecular formula is C10H21N. The minimum Gasteiger partial charge on any atom is -0.303 e. The fraction of sp³-hybridized carbons (Fsp3) is 1.00. The summed E-state index contributed by atoms with van der Waals surface area (Å²) in [4.78, 5) is 2.49. The summed E-state index contributed by atoms with van der Waals surface area (Å²) in [5.74, 6) is 0. The van der Waals surface area contributed by atoms with E-state index in [2.05, 4.69) is 32.7 Å². The van der Waals surface area contributed by atoms with E-state index in [-0.39, 0.29) is 0 Å². The molecule has 0 radical (unpaired) electrons. The van der Waals surface area contributed by atoms with E-state index in [4.69, 9.17) is 0 Å². The topological polar surface area (TPSA) is 3.24 Å². The summed E-state index contributed by atoms with van der Waals surface area (Å²) in [5, 5.41) is 0. The zero-order valence-electron chi connectivity index (χ0n) is 8.35. The van der Waals surface area contributed by atoms with Crippen LogP contribution < -0.4 is 0 Å². The zero-order valence-corrected chi connectivity index (χ0v) is 8.35. The van der Waals surface area contributed by atoms with Gasteiger partial charge in [0, 0.05) is 6.04 Å². The van der Waals surface area contributed by atoms with Gasteiger partial charge in [0.25, 0.3) is 0 Å². The lowest BCUT2D eigenvalue weighted by molar-refractivity contribution is 0.147. The third kappa shape index (κ3) is 1.76. The Labute approximate surface area is 70.8 Å². The Morgan fingerprint density at radius 2 is 2.09 bits per heavy atom. The van der Waals surface area contributed by atoms with Gasteiger partial charge in [-0.15, -0.1) is 0 Å². The first-order valence-corrected chi connectivity index (χ1v) is 4.78. The molecule has 66 valence electrons. The Bertz CT molecular complexity index is 129. The maximum atomic E-state index is 2.49. The second-order valence-electron chi connectivity index (χ2n) is 4.47. The number of hydrogen-bond donors (Lipinski definition) is 0. The second-order valence-corrected chi connectivity index (χ2v) is 4.47. The van der Waals surface area contributed by atoms with Crippen LogP contribution in [0.1, 0.15) is 40.0 Å². The Morgan fingerprint density at radius 3 is 2.45 bits per heavy atom. The lowest BCUT2D eigenvalue weighted by Crippen LogP contribution is -2.39. The van der Waals surface area contributed by atoms with Crippen LogP contribution in [0.4, 0.5) is 0 Å². The van der Waals surface area contributed by atoms with Crippen molar-refractivity contribution in [3.05, 3.63) is 0 Å². The largest absolute Gasteiger partial charge is 0.303 e. The third-order valence-electron chi connectivity index (χ3n) is 3.23. The lowest BCUT2D eigenvalue weighted by Gasteiger charge is -2.34. The third-order valence-corrected chi connectivity index (χ3v) is 3.23. The molecule has 0 heterocycles. The molecule has 1 heteroatoms. The van der Waals surface area contributed by atoms with Gasteiger partial charge in [0.05, 0.1) is 0 Å². The van der Waals surface area contributed by atoms with Crippen LogP contribution in [0.15, 0.2) is 0 Å². The predicted molar refractivity (Wildman–Crippen MR) is 49.7 cm³/mol. The highest BCUT2D eigenvalue weighted by molar-refractivity contribution is 4.90. The summed E-state index contributed by atoms with van der Waals surface area (Å²) in [6.45, 7) is 8.23. The summed E-state index contributed by atoms with van der Waals surface area (Å²) in [5.41, 5.74) is 0.560. The van der Waals surface area contributed by atoms with E-state index in [1.807, 2.05) is 0 Å². The molecule has 1 nitrogen and oxygen atoms in total. The molecule has 0 N–H and O–H groups in total. The molecule has 1 saturated carbocycles. The second kappa shape index (κ2) is 3.14. The first-order valence-electron chi connectivity index (χ1n) is 4.78. The van der Waals surface area contributed by atoms with E-state index in [0.29, 0.717) is 5.41 Å². The van der Waals surface area contributed by atoms with Gasteiger partial charge in [-0.1, -0.05) is 27.2 Å². The van der Waals surface area contributed by atoms with Gasteiger partial charge >= 0.3 is 0 Å². The monoisotopic (exact) mass is 155 g/mol. The van der Waals surface area contributed by atoms with Gasteiger partial charge in [-0.25, -0.2) is 0 Å². The molecule has 1 atom stereocenters. The molecule has 1 unspecified atom stereocenters. The SMILES string of the molecule is CCN(C)C1CCCC1(C)C. The van der Waals surface area contributed by atoms with Crippen molar-refractivity contribution in [3.8, 4) is 0 Å². The average Bonchev–Trinajstić information content (AvgIpc) is 2.28. The highest BCUT2D eigenvalue weighted by Gasteiger charge is 2.36. The van der Waals surface area contributed by atoms with Gasteiger partial charge in [0.15, 0.2) is 0 Å². The van der Waals surface area contributed by atoms with Crippen molar-refractivity contribution in [1.82, 2.24) is 4.90 Å². The summed E-state index contributed by atoms with van der Waals surface area (Å²) in [7, 11) is 2.25. The van der Waals surface area contributed by atoms with Crippen molar-refractivity contribution < 1.29 is 0 Å². The van der Waals surface area contributed by atoms with Crippen molar-refractivity contribution >= 4 is 0 Å². The Hall–Kier alpha value is -0.0400. The molecular weight excluding hydrogens is 134 g/mol. The Morgan fingerprint density at radius 1 is 1.45 bits per heavy atom. The van der Waals surface area contributed by atoms with Gasteiger partial charge in [0.1, 0.15) is 0 Å². The standard InChI is InChI=1S/C10H21N/c1-5-11(4)9-7-6-8-10(9,2)3/h9H,5-8H2,1-4H3. The average molecular weight is 155 g/mol. The van der Waals surface area contributed by atoms with Crippen LogP contribution in [-0.2, 0) is 0 Å². The van der Waals surface area contributed by atoms with Gasteiger partial charge in [-0.05, 0) is 31.8 Å². The number of rotatable bonds is 2. The predicted octanol–water partition coefficient (Wildman–Crippen LogP) is 2.52. The molecule has 0 aromatic heterocycles. The first-order chi connectivity index (χ1) is 5.08. The molecule has 0 aromatic rings. The summed E-state index contributed by atoms with van der Waals surface area (Å²) >= 11 is 0. The van der Waals surface area contributed by atoms with Crippen LogP contribution >= 0.6 is 0 Å². The van der Waals surface area contributed by atoms with Crippen LogP contribution in [-0.4, -0.2) is 24.5 Å². The fourth-order valence-electron chi connectivity index (χ4n) is 2.35. The van der Waals surface area contributed by atoms with Crippen molar-refractivity contribution in [2.75, 3.05) is 13.6 Å². The van der Waals surface area contributed by atoms with Crippen molar-refractivity contribution in [3.63, 3.8) is 0 Å². The molecule has 0 amide bonds. The Balaban J connectivity index is 2.57. The minimum absolute atomic E-state index is 0.560. The molecule has 1 rings (SSSR count). The summed E-state index contributed by atoms with van der Waals surface area (Å²) < 4.78 is 0. The van der Waals surface area contributed by atoms with E-state index in [1.54, 1.807) is 0 Å². The molecule has 0 saturated heterocycles. The highest BCUT2D eigenvalue weighted by atomic mass is 15.1. The van der Waals surface area contributed by atoms with Crippen LogP contribution in [0.2, 0.25) is 0 Å². The van der Waals surface area contributed by atoms with E-state index in [9.17, 15) is 0 Å². The van der Waals surface area contributed by atoms with Crippen molar-refractivity contribution in [2.45, 2.75) is 46.1 Å². The van der Waals surface area contributed by atoms with E-state index in [1.165, 1.54) is 25.8 Å². The molecule has 0 aliphatic heterocycles. The van der Waals surface area contributed by atoms with Gasteiger partial charge in [-0.3, -0.25) is 0 Å². The maximum Gasteiger partial charge on any atom is 0.0143 e. The zero-order chi connectivity index (χ0) is 8.48. The molecule has 1 fully saturated rings. The van der Waals surface area contributed by atoms with Crippen molar-refractivity contribution in [2.24, 2.45) is 5.41 Å². The molecule has 0 aromatic carbocycles. The fourth-order valence-corrected chi connectivity index (χ4v) is 2.35. The number of nitrogens with zero attached hydrogens (tertiary/aromatic N) is 1. The van der Waals surface area contributed by atoms with Gasteiger partial charge in [-0.2, -0.15) is 0 Å². The first kappa shape index (κ1) is 9.05. The van der Waals surface area contributed by atoms with Crippen LogP contribution in [0.25, 0.3) is 0 Å². The summed E-state index contributed by atoms with van der Waals surface area (Å²) in [6.07, 6.45) is 4.22. The normalized spacial score (nSPS) is 29.7. The highest BCUT2D eigenvalue weighted by Crippen LogP contribution is 2.39. The van der Waals surface area contributed by atoms with E-state index in [0.717, 1.165) is 6.04 Å². The van der Waals surface area contributed by atoms with Crippen LogP contribution in [0.3, 0.4) is 0 Å². The van der Waals surface area contributed by atoms with Crippen LogP contribution in [0.5, 0.6) is 0 Å². The molecule has 0 bridgehead atoms. The van der Waals surface area contributed by atoms with Crippen molar-refractivity contribution in [1.29, 1.82) is 0 Å². The van der Waals surface area contributed by atoms with Crippen LogP contribution in [0, 0.1) is 5.41 Å². The number of hydrogen-bond acceptors (Lipinski definition) is 1. The van der Waals surface area contributed by atoms with E-state index < -0.39 is 0 Å². The van der Waals surface area contributed by atoms with E-state index >= 15 is 0 Å². The molecule has 0 spiro atoms. The quantitative estimate of drug-likeness (QED) is 0.592. The minimum atomic E-state index is 0.560. The molecule has 1 aliphatic carbocycles. The maximum absolute atomic E-state index is 2.49. The summed E-state index contributed by atoms with van der Waals surface area (Å²) in [6, 6.07) is 0.826. The molecule has 1 aliphatic rings. The molecule has 11 heavy (non-hydrogen) atoms. The van der Waals surface area contributed by atoms with Gasteiger partial charge < -0.3 is 4.90 Å².